The second-order valence-corrected chi connectivity index (χ2v) is 2.50. The normalized spacial score (nSPS) is 11.5. The van der Waals surface area contributed by atoms with Crippen molar-refractivity contribution in [1.82, 2.24) is 5.32 Å². The number of allylic oxidation sites excluding steroid dienone is 3. The van der Waals surface area contributed by atoms with Gasteiger partial charge in [0, 0.05) is 7.05 Å². The first-order valence-electron chi connectivity index (χ1n) is 4.39. The van der Waals surface area contributed by atoms with E-state index < -0.39 is 0 Å². The summed E-state index contributed by atoms with van der Waals surface area (Å²) in [5, 5.41) is 2.97. The molecule has 0 amide bonds. The molecule has 0 aliphatic heterocycles. The molecule has 0 saturated heterocycles. The first kappa shape index (κ1) is 10.3. The van der Waals surface area contributed by atoms with Crippen LogP contribution in [0, 0.1) is 0 Å². The Labute approximate surface area is 70.2 Å². The van der Waals surface area contributed by atoms with Gasteiger partial charge in [-0.2, -0.15) is 0 Å². The molecule has 0 aliphatic rings. The Morgan fingerprint density at radius 3 is 2.45 bits per heavy atom. The van der Waals surface area contributed by atoms with Crippen LogP contribution in [-0.4, -0.2) is 7.05 Å². The van der Waals surface area contributed by atoms with Gasteiger partial charge in [-0.1, -0.05) is 25.2 Å². The largest absolute Gasteiger partial charge is 0.394 e. The zero-order valence-electron chi connectivity index (χ0n) is 7.64. The fourth-order valence-corrected chi connectivity index (χ4v) is 0.839. The molecular formula is C10H19N. The van der Waals surface area contributed by atoms with Crippen molar-refractivity contribution in [2.75, 3.05) is 7.05 Å². The van der Waals surface area contributed by atoms with Gasteiger partial charge >= 0.3 is 0 Å². The highest BCUT2D eigenvalue weighted by molar-refractivity contribution is 4.83. The van der Waals surface area contributed by atoms with E-state index in [0.29, 0.717) is 0 Å². The average Bonchev–Trinajstić information content (AvgIpc) is 2.03. The summed E-state index contributed by atoms with van der Waals surface area (Å²) in [6, 6.07) is 0. The minimum absolute atomic E-state index is 1.16. The second kappa shape index (κ2) is 9.28. The van der Waals surface area contributed by atoms with Crippen LogP contribution in [0.4, 0.5) is 0 Å². The van der Waals surface area contributed by atoms with Crippen molar-refractivity contribution in [3.05, 3.63) is 24.4 Å². The van der Waals surface area contributed by atoms with Gasteiger partial charge in [-0.25, -0.2) is 0 Å². The van der Waals surface area contributed by atoms with Crippen LogP contribution in [0.1, 0.15) is 32.6 Å². The SMILES string of the molecule is CC/C=C\CCC/C=C\NC. The van der Waals surface area contributed by atoms with Crippen LogP contribution in [0.3, 0.4) is 0 Å². The summed E-state index contributed by atoms with van der Waals surface area (Å²) in [5.74, 6) is 0. The molecule has 0 spiro atoms. The summed E-state index contributed by atoms with van der Waals surface area (Å²) < 4.78 is 0. The van der Waals surface area contributed by atoms with Gasteiger partial charge in [0.05, 0.1) is 0 Å². The van der Waals surface area contributed by atoms with E-state index in [1.54, 1.807) is 0 Å². The molecular weight excluding hydrogens is 134 g/mol. The van der Waals surface area contributed by atoms with Gasteiger partial charge in [0.15, 0.2) is 0 Å². The number of rotatable bonds is 6. The molecule has 0 aromatic carbocycles. The van der Waals surface area contributed by atoms with Gasteiger partial charge in [0.25, 0.3) is 0 Å². The molecule has 0 atom stereocenters. The Balaban J connectivity index is 3.02. The standard InChI is InChI=1S/C10H19N/c1-3-4-5-6-7-8-9-10-11-2/h4-5,9-11H,3,6-8H2,1-2H3/b5-4-,10-9-. The molecule has 0 saturated carbocycles. The van der Waals surface area contributed by atoms with Crippen LogP contribution < -0.4 is 5.32 Å². The number of nitrogens with one attached hydrogen (secondary N) is 1. The van der Waals surface area contributed by atoms with Gasteiger partial charge in [-0.15, -0.1) is 0 Å². The number of hydrogen-bond donors (Lipinski definition) is 1. The van der Waals surface area contributed by atoms with Crippen LogP contribution >= 0.6 is 0 Å². The van der Waals surface area contributed by atoms with Gasteiger partial charge in [-0.05, 0) is 31.9 Å². The maximum Gasteiger partial charge on any atom is 0.00276 e. The lowest BCUT2D eigenvalue weighted by Gasteiger charge is -1.89. The maximum absolute atomic E-state index is 2.97. The molecule has 11 heavy (non-hydrogen) atoms. The lowest BCUT2D eigenvalue weighted by Crippen LogP contribution is -1.90. The zero-order chi connectivity index (χ0) is 8.36. The smallest absolute Gasteiger partial charge is 0.00276 e. The van der Waals surface area contributed by atoms with Crippen molar-refractivity contribution < 1.29 is 0 Å². The van der Waals surface area contributed by atoms with Crippen molar-refractivity contribution >= 4 is 0 Å². The molecule has 0 radical (unpaired) electrons. The van der Waals surface area contributed by atoms with E-state index in [1.165, 1.54) is 19.3 Å². The molecule has 0 unspecified atom stereocenters. The Kier molecular flexibility index (Phi) is 8.67. The molecule has 1 heteroatoms. The fraction of sp³-hybridized carbons (Fsp3) is 0.600. The van der Waals surface area contributed by atoms with Crippen molar-refractivity contribution in [2.45, 2.75) is 32.6 Å². The summed E-state index contributed by atoms with van der Waals surface area (Å²) in [6.07, 6.45) is 13.4. The summed E-state index contributed by atoms with van der Waals surface area (Å²) >= 11 is 0. The predicted octanol–water partition coefficient (Wildman–Crippen LogP) is 2.86. The number of unbranched alkanes of at least 4 members (excludes halogenated alkanes) is 2. The van der Waals surface area contributed by atoms with Crippen LogP contribution in [-0.2, 0) is 0 Å². The Hall–Kier alpha value is -0.720. The van der Waals surface area contributed by atoms with E-state index in [-0.39, 0.29) is 0 Å². The molecule has 64 valence electrons. The van der Waals surface area contributed by atoms with E-state index in [4.69, 9.17) is 0 Å². The van der Waals surface area contributed by atoms with Crippen LogP contribution in [0.5, 0.6) is 0 Å². The lowest BCUT2D eigenvalue weighted by molar-refractivity contribution is 0.858. The fourth-order valence-electron chi connectivity index (χ4n) is 0.839. The zero-order valence-corrected chi connectivity index (χ0v) is 7.64. The molecule has 1 N–H and O–H groups in total. The minimum Gasteiger partial charge on any atom is -0.394 e. The molecule has 0 aliphatic carbocycles. The molecule has 0 fully saturated rings. The molecule has 0 heterocycles. The molecule has 1 nitrogen and oxygen atoms in total. The third kappa shape index (κ3) is 9.28. The first-order valence-corrected chi connectivity index (χ1v) is 4.39. The van der Waals surface area contributed by atoms with Gasteiger partial charge in [0.2, 0.25) is 0 Å². The van der Waals surface area contributed by atoms with E-state index in [1.807, 2.05) is 13.2 Å². The van der Waals surface area contributed by atoms with Crippen molar-refractivity contribution in [2.24, 2.45) is 0 Å². The first-order chi connectivity index (χ1) is 5.41. The summed E-state index contributed by atoms with van der Waals surface area (Å²) in [7, 11) is 1.92. The van der Waals surface area contributed by atoms with Crippen LogP contribution in [0.15, 0.2) is 24.4 Å². The summed E-state index contributed by atoms with van der Waals surface area (Å²) in [4.78, 5) is 0. The predicted molar refractivity (Wildman–Crippen MR) is 51.5 cm³/mol. The third-order valence-electron chi connectivity index (χ3n) is 1.43. The lowest BCUT2D eigenvalue weighted by atomic mass is 10.2. The highest BCUT2D eigenvalue weighted by atomic mass is 14.8. The summed E-state index contributed by atoms with van der Waals surface area (Å²) in [6.45, 7) is 2.16. The molecule has 0 aromatic heterocycles. The van der Waals surface area contributed by atoms with Gasteiger partial charge in [-0.3, -0.25) is 0 Å². The van der Waals surface area contributed by atoms with E-state index in [2.05, 4.69) is 30.5 Å². The van der Waals surface area contributed by atoms with Gasteiger partial charge < -0.3 is 5.32 Å². The van der Waals surface area contributed by atoms with Gasteiger partial charge in [0.1, 0.15) is 0 Å². The van der Waals surface area contributed by atoms with Crippen LogP contribution in [0.2, 0.25) is 0 Å². The van der Waals surface area contributed by atoms with E-state index in [0.717, 1.165) is 6.42 Å². The van der Waals surface area contributed by atoms with Crippen molar-refractivity contribution in [3.63, 3.8) is 0 Å². The molecule has 0 rings (SSSR count). The Morgan fingerprint density at radius 2 is 1.82 bits per heavy atom. The average molecular weight is 153 g/mol. The third-order valence-corrected chi connectivity index (χ3v) is 1.43. The topological polar surface area (TPSA) is 12.0 Å². The summed E-state index contributed by atoms with van der Waals surface area (Å²) in [5.41, 5.74) is 0. The monoisotopic (exact) mass is 153 g/mol. The van der Waals surface area contributed by atoms with Crippen LogP contribution in [0.25, 0.3) is 0 Å². The van der Waals surface area contributed by atoms with E-state index >= 15 is 0 Å². The van der Waals surface area contributed by atoms with Crippen molar-refractivity contribution in [1.29, 1.82) is 0 Å². The maximum atomic E-state index is 2.97. The molecule has 0 aromatic rings. The minimum atomic E-state index is 1.16. The highest BCUT2D eigenvalue weighted by Gasteiger charge is 1.78. The quantitative estimate of drug-likeness (QED) is 0.457. The highest BCUT2D eigenvalue weighted by Crippen LogP contribution is 1.97. The Bertz CT molecular complexity index is 100. The van der Waals surface area contributed by atoms with Crippen molar-refractivity contribution in [3.8, 4) is 0 Å². The molecule has 0 bridgehead atoms. The second-order valence-electron chi connectivity index (χ2n) is 2.50. The van der Waals surface area contributed by atoms with E-state index in [9.17, 15) is 0 Å². The Morgan fingerprint density at radius 1 is 1.09 bits per heavy atom. The number of hydrogen-bond acceptors (Lipinski definition) is 1.